The topological polar surface area (TPSA) is 67.8 Å². The fourth-order valence-corrected chi connectivity index (χ4v) is 3.62. The number of carbonyl (C=O) groups excluding carboxylic acids is 1. The van der Waals surface area contributed by atoms with Crippen LogP contribution in [0, 0.1) is 0 Å². The Morgan fingerprint density at radius 3 is 1.96 bits per heavy atom. The quantitative estimate of drug-likeness (QED) is 0.331. The van der Waals surface area contributed by atoms with Crippen LogP contribution in [0.15, 0.2) is 0 Å². The third kappa shape index (κ3) is 13.1. The van der Waals surface area contributed by atoms with E-state index < -0.39 is 6.09 Å². The number of unbranched alkanes of at least 4 members (excludes halogenated alkanes) is 13. The third-order valence-electron chi connectivity index (χ3n) is 5.39. The Bertz CT molecular complexity index is 351. The molecule has 2 unspecified atom stereocenters. The molecule has 0 radical (unpaired) electrons. The Balaban J connectivity index is 1.78. The molecule has 160 valence electrons. The summed E-state index contributed by atoms with van der Waals surface area (Å²) in [5.41, 5.74) is 0. The zero-order valence-electron chi connectivity index (χ0n) is 17.6. The van der Waals surface area contributed by atoms with Crippen molar-refractivity contribution in [1.29, 1.82) is 0 Å². The monoisotopic (exact) mass is 385 g/mol. The van der Waals surface area contributed by atoms with E-state index in [-0.39, 0.29) is 18.8 Å². The third-order valence-corrected chi connectivity index (χ3v) is 5.39. The molecule has 0 saturated carbocycles. The number of nitrogens with one attached hydrogen (secondary N) is 1. The molecule has 0 aromatic heterocycles. The molecule has 27 heavy (non-hydrogen) atoms. The molecule has 0 bridgehead atoms. The minimum atomic E-state index is -0.390. The van der Waals surface area contributed by atoms with E-state index in [9.17, 15) is 4.79 Å². The summed E-state index contributed by atoms with van der Waals surface area (Å²) in [5.74, 6) is 0. The molecule has 1 aliphatic rings. The van der Waals surface area contributed by atoms with E-state index in [1.54, 1.807) is 0 Å². The normalized spacial score (nSPS) is 19.3. The van der Waals surface area contributed by atoms with E-state index in [1.807, 2.05) is 0 Å². The Hall–Kier alpha value is -0.810. The van der Waals surface area contributed by atoms with Gasteiger partial charge in [0.25, 0.3) is 0 Å². The van der Waals surface area contributed by atoms with Crippen LogP contribution in [0.3, 0.4) is 0 Å². The van der Waals surface area contributed by atoms with Crippen LogP contribution in [0.4, 0.5) is 4.79 Å². The van der Waals surface area contributed by atoms with Gasteiger partial charge < -0.3 is 19.9 Å². The van der Waals surface area contributed by atoms with Crippen molar-refractivity contribution in [1.82, 2.24) is 5.32 Å². The highest BCUT2D eigenvalue weighted by Gasteiger charge is 2.30. The van der Waals surface area contributed by atoms with Crippen LogP contribution >= 0.6 is 0 Å². The number of hydrogen-bond donors (Lipinski definition) is 2. The van der Waals surface area contributed by atoms with Crippen molar-refractivity contribution < 1.29 is 19.4 Å². The fraction of sp³-hybridized carbons (Fsp3) is 0.955. The first-order chi connectivity index (χ1) is 13.3. The van der Waals surface area contributed by atoms with Gasteiger partial charge >= 0.3 is 6.09 Å². The molecule has 2 N–H and O–H groups in total. The number of aliphatic hydroxyl groups excluding tert-OH is 1. The van der Waals surface area contributed by atoms with Crippen LogP contribution in [0.1, 0.15) is 103 Å². The lowest BCUT2D eigenvalue weighted by Gasteiger charge is -2.17. The summed E-state index contributed by atoms with van der Waals surface area (Å²) in [6.45, 7) is 3.37. The molecule has 1 amide bonds. The lowest BCUT2D eigenvalue weighted by molar-refractivity contribution is -0.00495. The maximum atomic E-state index is 11.7. The molecule has 0 aliphatic carbocycles. The highest BCUT2D eigenvalue weighted by Crippen LogP contribution is 2.17. The van der Waals surface area contributed by atoms with Crippen LogP contribution in [0.2, 0.25) is 0 Å². The first-order valence-corrected chi connectivity index (χ1v) is 11.4. The van der Waals surface area contributed by atoms with Gasteiger partial charge in [-0.05, 0) is 6.42 Å². The number of amides is 1. The second-order valence-electron chi connectivity index (χ2n) is 7.85. The summed E-state index contributed by atoms with van der Waals surface area (Å²) in [6.07, 6.45) is 18.2. The number of hydrogen-bond acceptors (Lipinski definition) is 4. The zero-order chi connectivity index (χ0) is 19.6. The SMILES string of the molecule is CCCCCCCCCCCCCCCCNC(=O)OC1CCOC1CO. The summed E-state index contributed by atoms with van der Waals surface area (Å²) in [4.78, 5) is 11.7. The highest BCUT2D eigenvalue weighted by molar-refractivity contribution is 5.67. The molecule has 1 heterocycles. The molecule has 1 fully saturated rings. The van der Waals surface area contributed by atoms with Crippen molar-refractivity contribution in [2.24, 2.45) is 0 Å². The number of aliphatic hydroxyl groups is 1. The summed E-state index contributed by atoms with van der Waals surface area (Å²) >= 11 is 0. The van der Waals surface area contributed by atoms with E-state index in [4.69, 9.17) is 14.6 Å². The van der Waals surface area contributed by atoms with Crippen molar-refractivity contribution in [2.75, 3.05) is 19.8 Å². The molecule has 1 rings (SSSR count). The number of rotatable bonds is 17. The van der Waals surface area contributed by atoms with Crippen LogP contribution in [-0.4, -0.2) is 43.2 Å². The van der Waals surface area contributed by atoms with Crippen molar-refractivity contribution in [3.63, 3.8) is 0 Å². The number of carbonyl (C=O) groups is 1. The van der Waals surface area contributed by atoms with E-state index in [2.05, 4.69) is 12.2 Å². The fourth-order valence-electron chi connectivity index (χ4n) is 3.62. The van der Waals surface area contributed by atoms with Crippen molar-refractivity contribution in [3.8, 4) is 0 Å². The Morgan fingerprint density at radius 2 is 1.44 bits per heavy atom. The van der Waals surface area contributed by atoms with Crippen LogP contribution < -0.4 is 5.32 Å². The molecule has 1 aliphatic heterocycles. The predicted octanol–water partition coefficient (Wildman–Crippen LogP) is 5.34. The van der Waals surface area contributed by atoms with Gasteiger partial charge in [0.15, 0.2) is 0 Å². The Labute approximate surface area is 166 Å². The number of ether oxygens (including phenoxy) is 2. The standard InChI is InChI=1S/C22H43NO4/c1-2-3-4-5-6-7-8-9-10-11-12-13-14-15-17-23-22(25)27-20-16-18-26-21(20)19-24/h20-21,24H,2-19H2,1H3,(H,23,25). The Kier molecular flexibility index (Phi) is 15.5. The molecule has 2 atom stereocenters. The van der Waals surface area contributed by atoms with Crippen LogP contribution in [-0.2, 0) is 9.47 Å². The van der Waals surface area contributed by atoms with E-state index in [0.29, 0.717) is 19.6 Å². The lowest BCUT2D eigenvalue weighted by Crippen LogP contribution is -2.35. The molecule has 5 nitrogen and oxygen atoms in total. The Morgan fingerprint density at radius 1 is 0.926 bits per heavy atom. The van der Waals surface area contributed by atoms with Crippen LogP contribution in [0.25, 0.3) is 0 Å². The maximum absolute atomic E-state index is 11.7. The molecule has 0 aromatic carbocycles. The van der Waals surface area contributed by atoms with E-state index in [1.165, 1.54) is 77.0 Å². The minimum absolute atomic E-state index is 0.100. The second kappa shape index (κ2) is 17.3. The minimum Gasteiger partial charge on any atom is -0.443 e. The summed E-state index contributed by atoms with van der Waals surface area (Å²) in [7, 11) is 0. The van der Waals surface area contributed by atoms with Gasteiger partial charge in [0.2, 0.25) is 0 Å². The van der Waals surface area contributed by atoms with Crippen molar-refractivity contribution in [2.45, 2.75) is 115 Å². The van der Waals surface area contributed by atoms with Gasteiger partial charge in [0.05, 0.1) is 13.2 Å². The van der Waals surface area contributed by atoms with Crippen LogP contribution in [0.5, 0.6) is 0 Å². The largest absolute Gasteiger partial charge is 0.443 e. The molecule has 0 aromatic rings. The average Bonchev–Trinajstić information content (AvgIpc) is 3.12. The van der Waals surface area contributed by atoms with Gasteiger partial charge in [-0.15, -0.1) is 0 Å². The first kappa shape index (κ1) is 24.2. The molecular formula is C22H43NO4. The zero-order valence-corrected chi connectivity index (χ0v) is 17.6. The first-order valence-electron chi connectivity index (χ1n) is 11.4. The second-order valence-corrected chi connectivity index (χ2v) is 7.85. The summed E-state index contributed by atoms with van der Waals surface area (Å²) in [5, 5.41) is 11.9. The smallest absolute Gasteiger partial charge is 0.407 e. The predicted molar refractivity (Wildman–Crippen MR) is 110 cm³/mol. The lowest BCUT2D eigenvalue weighted by atomic mass is 10.0. The van der Waals surface area contributed by atoms with E-state index in [0.717, 1.165) is 12.8 Å². The summed E-state index contributed by atoms with van der Waals surface area (Å²) < 4.78 is 10.6. The van der Waals surface area contributed by atoms with E-state index >= 15 is 0 Å². The van der Waals surface area contributed by atoms with Gasteiger partial charge in [-0.2, -0.15) is 0 Å². The van der Waals surface area contributed by atoms with Gasteiger partial charge in [0, 0.05) is 13.0 Å². The molecule has 5 heteroatoms. The highest BCUT2D eigenvalue weighted by atomic mass is 16.6. The summed E-state index contributed by atoms with van der Waals surface area (Å²) in [6, 6.07) is 0. The number of alkyl carbamates (subject to hydrolysis) is 1. The van der Waals surface area contributed by atoms with Gasteiger partial charge in [-0.3, -0.25) is 0 Å². The van der Waals surface area contributed by atoms with Crippen molar-refractivity contribution >= 4 is 6.09 Å². The van der Waals surface area contributed by atoms with Gasteiger partial charge in [-0.1, -0.05) is 90.4 Å². The molecular weight excluding hydrogens is 342 g/mol. The average molecular weight is 386 g/mol. The van der Waals surface area contributed by atoms with Crippen molar-refractivity contribution in [3.05, 3.63) is 0 Å². The molecule has 0 spiro atoms. The molecule has 1 saturated heterocycles. The van der Waals surface area contributed by atoms with Gasteiger partial charge in [0.1, 0.15) is 12.2 Å². The maximum Gasteiger partial charge on any atom is 0.407 e. The van der Waals surface area contributed by atoms with Gasteiger partial charge in [-0.25, -0.2) is 4.79 Å².